The molecule has 8 heteroatoms. The fourth-order valence-corrected chi connectivity index (χ4v) is 2.30. The van der Waals surface area contributed by atoms with Gasteiger partial charge in [-0.05, 0) is 6.92 Å². The Balaban J connectivity index is 1.53. The van der Waals surface area contributed by atoms with E-state index < -0.39 is 18.0 Å². The third kappa shape index (κ3) is 3.60. The van der Waals surface area contributed by atoms with E-state index in [9.17, 15) is 14.4 Å². The molecule has 1 aromatic heterocycles. The molecule has 8 nitrogen and oxygen atoms in total. The molecule has 1 aromatic carbocycles. The molecule has 24 heavy (non-hydrogen) atoms. The van der Waals surface area contributed by atoms with Gasteiger partial charge >= 0.3 is 6.03 Å². The number of nitrogens with zero attached hydrogens (tertiary/aromatic N) is 1. The zero-order valence-corrected chi connectivity index (χ0v) is 13.0. The maximum Gasteiger partial charge on any atom is 0.322 e. The lowest BCUT2D eigenvalue weighted by molar-refractivity contribution is -0.126. The first-order valence-corrected chi connectivity index (χ1v) is 7.42. The number of aryl methyl sites for hydroxylation is 1. The molecule has 1 fully saturated rings. The summed E-state index contributed by atoms with van der Waals surface area (Å²) in [4.78, 5) is 34.2. The van der Waals surface area contributed by atoms with Crippen LogP contribution >= 0.6 is 0 Å². The molecule has 4 amide bonds. The molecule has 0 saturated carbocycles. The summed E-state index contributed by atoms with van der Waals surface area (Å²) in [6, 6.07) is 8.13. The molecule has 2 aromatic rings. The second kappa shape index (κ2) is 6.53. The summed E-state index contributed by atoms with van der Waals surface area (Å²) in [5, 5.41) is 11.0. The van der Waals surface area contributed by atoms with Gasteiger partial charge in [-0.25, -0.2) is 4.79 Å². The van der Waals surface area contributed by atoms with E-state index in [4.69, 9.17) is 4.52 Å². The SMILES string of the molecule is Cc1ccc(-c2cc(CNC(=O)CC3NC(=O)NC3=O)no2)cc1. The Labute approximate surface area is 137 Å². The number of amides is 4. The van der Waals surface area contributed by atoms with Gasteiger partial charge in [0.15, 0.2) is 5.76 Å². The van der Waals surface area contributed by atoms with Gasteiger partial charge in [0.05, 0.1) is 13.0 Å². The van der Waals surface area contributed by atoms with Crippen molar-refractivity contribution in [1.82, 2.24) is 21.1 Å². The van der Waals surface area contributed by atoms with Crippen LogP contribution in [-0.4, -0.2) is 29.0 Å². The molecule has 1 aliphatic rings. The van der Waals surface area contributed by atoms with Gasteiger partial charge in [0.25, 0.3) is 5.91 Å². The third-order valence-corrected chi connectivity index (χ3v) is 3.61. The fourth-order valence-electron chi connectivity index (χ4n) is 2.30. The van der Waals surface area contributed by atoms with Crippen LogP contribution in [0.3, 0.4) is 0 Å². The Morgan fingerprint density at radius 1 is 1.29 bits per heavy atom. The van der Waals surface area contributed by atoms with E-state index in [1.165, 1.54) is 0 Å². The first-order valence-electron chi connectivity index (χ1n) is 7.42. The predicted octanol–water partition coefficient (Wildman–Crippen LogP) is 0.864. The zero-order valence-electron chi connectivity index (χ0n) is 13.0. The van der Waals surface area contributed by atoms with Gasteiger partial charge in [0, 0.05) is 11.6 Å². The Kier molecular flexibility index (Phi) is 4.28. The Morgan fingerprint density at radius 2 is 2.04 bits per heavy atom. The molecule has 0 aliphatic carbocycles. The quantitative estimate of drug-likeness (QED) is 0.705. The van der Waals surface area contributed by atoms with Gasteiger partial charge in [0.1, 0.15) is 11.7 Å². The fraction of sp³-hybridized carbons (Fsp3) is 0.250. The lowest BCUT2D eigenvalue weighted by Gasteiger charge is -2.06. The highest BCUT2D eigenvalue weighted by atomic mass is 16.5. The van der Waals surface area contributed by atoms with Crippen LogP contribution in [0.5, 0.6) is 0 Å². The highest BCUT2D eigenvalue weighted by Gasteiger charge is 2.31. The summed E-state index contributed by atoms with van der Waals surface area (Å²) in [6.07, 6.45) is -0.125. The van der Waals surface area contributed by atoms with Crippen molar-refractivity contribution in [2.45, 2.75) is 25.9 Å². The van der Waals surface area contributed by atoms with Crippen LogP contribution in [0.2, 0.25) is 0 Å². The van der Waals surface area contributed by atoms with Crippen molar-refractivity contribution in [1.29, 1.82) is 0 Å². The Hall–Kier alpha value is -3.16. The lowest BCUT2D eigenvalue weighted by atomic mass is 10.1. The second-order valence-corrected chi connectivity index (χ2v) is 5.54. The van der Waals surface area contributed by atoms with Crippen molar-refractivity contribution in [2.75, 3.05) is 0 Å². The van der Waals surface area contributed by atoms with Gasteiger partial charge in [0.2, 0.25) is 5.91 Å². The van der Waals surface area contributed by atoms with Crippen molar-refractivity contribution in [3.8, 4) is 11.3 Å². The molecule has 124 valence electrons. The molecule has 3 N–H and O–H groups in total. The minimum absolute atomic E-state index is 0.125. The summed E-state index contributed by atoms with van der Waals surface area (Å²) in [6.45, 7) is 2.18. The minimum atomic E-state index is -0.835. The van der Waals surface area contributed by atoms with Crippen LogP contribution in [0.1, 0.15) is 17.7 Å². The Bertz CT molecular complexity index is 782. The van der Waals surface area contributed by atoms with Crippen LogP contribution in [0, 0.1) is 6.92 Å². The van der Waals surface area contributed by atoms with E-state index in [-0.39, 0.29) is 18.9 Å². The van der Waals surface area contributed by atoms with Gasteiger partial charge < -0.3 is 15.2 Å². The first-order chi connectivity index (χ1) is 11.5. The number of benzene rings is 1. The number of nitrogens with one attached hydrogen (secondary N) is 3. The first kappa shape index (κ1) is 15.7. The van der Waals surface area contributed by atoms with Crippen molar-refractivity contribution in [2.24, 2.45) is 0 Å². The normalized spacial score (nSPS) is 16.6. The number of rotatable bonds is 5. The molecule has 0 spiro atoms. The molecule has 1 saturated heterocycles. The van der Waals surface area contributed by atoms with Crippen LogP contribution in [0.4, 0.5) is 4.79 Å². The summed E-state index contributed by atoms with van der Waals surface area (Å²) < 4.78 is 5.27. The smallest absolute Gasteiger partial charge is 0.322 e. The van der Waals surface area contributed by atoms with Crippen molar-refractivity contribution < 1.29 is 18.9 Å². The van der Waals surface area contributed by atoms with Crippen molar-refractivity contribution in [3.05, 3.63) is 41.6 Å². The highest BCUT2D eigenvalue weighted by Crippen LogP contribution is 2.20. The molecule has 1 aliphatic heterocycles. The number of hydrogen-bond donors (Lipinski definition) is 3. The predicted molar refractivity (Wildman–Crippen MR) is 83.6 cm³/mol. The number of urea groups is 1. The summed E-state index contributed by atoms with van der Waals surface area (Å²) in [7, 11) is 0. The molecule has 1 unspecified atom stereocenters. The van der Waals surface area contributed by atoms with E-state index in [2.05, 4.69) is 21.1 Å². The number of carbonyl (C=O) groups excluding carboxylic acids is 3. The topological polar surface area (TPSA) is 113 Å². The van der Waals surface area contributed by atoms with Gasteiger partial charge in [-0.3, -0.25) is 14.9 Å². The van der Waals surface area contributed by atoms with Crippen LogP contribution < -0.4 is 16.0 Å². The van der Waals surface area contributed by atoms with E-state index >= 15 is 0 Å². The van der Waals surface area contributed by atoms with Gasteiger partial charge in [-0.15, -0.1) is 0 Å². The molecular weight excluding hydrogens is 312 g/mol. The average molecular weight is 328 g/mol. The van der Waals surface area contributed by atoms with E-state index in [1.54, 1.807) is 6.07 Å². The van der Waals surface area contributed by atoms with E-state index in [1.807, 2.05) is 31.2 Å². The molecule has 0 radical (unpaired) electrons. The lowest BCUT2D eigenvalue weighted by Crippen LogP contribution is -2.36. The monoisotopic (exact) mass is 328 g/mol. The molecule has 3 rings (SSSR count). The summed E-state index contributed by atoms with van der Waals surface area (Å²) in [5.41, 5.74) is 2.61. The summed E-state index contributed by atoms with van der Waals surface area (Å²) in [5.74, 6) is -0.253. The van der Waals surface area contributed by atoms with Crippen LogP contribution in [0.25, 0.3) is 11.3 Å². The number of hydrogen-bond acceptors (Lipinski definition) is 5. The summed E-state index contributed by atoms with van der Waals surface area (Å²) >= 11 is 0. The maximum atomic E-state index is 11.8. The van der Waals surface area contributed by atoms with Crippen molar-refractivity contribution >= 4 is 17.8 Å². The molecular formula is C16H16N4O4. The van der Waals surface area contributed by atoms with E-state index in [0.717, 1.165) is 11.1 Å². The molecule has 0 bridgehead atoms. The maximum absolute atomic E-state index is 11.8. The number of imide groups is 1. The van der Waals surface area contributed by atoms with Crippen molar-refractivity contribution in [3.63, 3.8) is 0 Å². The average Bonchev–Trinajstić information content (AvgIpc) is 3.13. The number of carbonyl (C=O) groups is 3. The second-order valence-electron chi connectivity index (χ2n) is 5.54. The molecule has 1 atom stereocenters. The van der Waals surface area contributed by atoms with Crippen LogP contribution in [0.15, 0.2) is 34.9 Å². The van der Waals surface area contributed by atoms with Gasteiger partial charge in [-0.1, -0.05) is 35.0 Å². The third-order valence-electron chi connectivity index (χ3n) is 3.61. The zero-order chi connectivity index (χ0) is 17.1. The Morgan fingerprint density at radius 3 is 2.71 bits per heavy atom. The van der Waals surface area contributed by atoms with Crippen LogP contribution in [-0.2, 0) is 16.1 Å². The van der Waals surface area contributed by atoms with E-state index in [0.29, 0.717) is 11.5 Å². The van der Waals surface area contributed by atoms with Gasteiger partial charge in [-0.2, -0.15) is 0 Å². The largest absolute Gasteiger partial charge is 0.356 e. The highest BCUT2D eigenvalue weighted by molar-refractivity contribution is 6.05. The number of aromatic nitrogens is 1. The standard InChI is InChI=1S/C16H16N4O4/c1-9-2-4-10(5-3-9)13-6-11(20-24-13)8-17-14(21)7-12-15(22)19-16(23)18-12/h2-6,12H,7-8H2,1H3,(H,17,21)(H2,18,19,22,23). The molecule has 2 heterocycles. The minimum Gasteiger partial charge on any atom is -0.356 e.